The Morgan fingerprint density at radius 3 is 2.38 bits per heavy atom. The molecule has 0 unspecified atom stereocenters. The molecular weight excluding hydrogens is 277 g/mol. The number of nitrogens with one attached hydrogen (secondary N) is 1. The lowest BCUT2D eigenvalue weighted by Crippen LogP contribution is -2.43. The molecule has 2 rings (SSSR count). The topological polar surface area (TPSA) is 69.7 Å². The molecule has 21 heavy (non-hydrogen) atoms. The van der Waals surface area contributed by atoms with Crippen molar-refractivity contribution in [3.8, 4) is 0 Å². The third-order valence-electron chi connectivity index (χ3n) is 3.49. The van der Waals surface area contributed by atoms with E-state index in [1.54, 1.807) is 14.1 Å². The van der Waals surface area contributed by atoms with Crippen LogP contribution in [0.1, 0.15) is 12.5 Å². The number of urea groups is 1. The number of halogens is 1. The first-order chi connectivity index (χ1) is 9.75. The maximum absolute atomic E-state index is 13.0. The van der Waals surface area contributed by atoms with E-state index < -0.39 is 23.3 Å². The van der Waals surface area contributed by atoms with Gasteiger partial charge in [0.05, 0.1) is 0 Å². The first-order valence-electron chi connectivity index (χ1n) is 6.36. The number of carbonyl (C=O) groups is 3. The molecule has 1 aliphatic rings. The Balaban J connectivity index is 2.28. The summed E-state index contributed by atoms with van der Waals surface area (Å²) in [5, 5.41) is 2.55. The molecule has 0 bridgehead atoms. The lowest BCUT2D eigenvalue weighted by atomic mass is 9.92. The summed E-state index contributed by atoms with van der Waals surface area (Å²) in [6.45, 7) is 1.20. The van der Waals surface area contributed by atoms with Crippen LogP contribution in [-0.4, -0.2) is 48.3 Å². The van der Waals surface area contributed by atoms with Crippen molar-refractivity contribution in [3.05, 3.63) is 35.6 Å². The van der Waals surface area contributed by atoms with Crippen molar-refractivity contribution in [1.29, 1.82) is 0 Å². The summed E-state index contributed by atoms with van der Waals surface area (Å²) in [4.78, 5) is 38.3. The highest BCUT2D eigenvalue weighted by atomic mass is 19.1. The van der Waals surface area contributed by atoms with E-state index in [4.69, 9.17) is 0 Å². The Bertz CT molecular complexity index is 600. The number of nitrogens with zero attached hydrogens (tertiary/aromatic N) is 2. The van der Waals surface area contributed by atoms with Gasteiger partial charge < -0.3 is 10.2 Å². The van der Waals surface area contributed by atoms with Crippen LogP contribution >= 0.6 is 0 Å². The van der Waals surface area contributed by atoms with Gasteiger partial charge in [0.1, 0.15) is 17.9 Å². The number of hydrogen-bond donors (Lipinski definition) is 1. The Hall–Kier alpha value is -2.44. The molecule has 0 spiro atoms. The molecule has 1 saturated heterocycles. The minimum absolute atomic E-state index is 0.325. The van der Waals surface area contributed by atoms with Crippen molar-refractivity contribution in [2.24, 2.45) is 0 Å². The number of carbonyl (C=O) groups excluding carboxylic acids is 3. The van der Waals surface area contributed by atoms with Crippen molar-refractivity contribution in [2.45, 2.75) is 12.5 Å². The second-order valence-electron chi connectivity index (χ2n) is 5.24. The minimum atomic E-state index is -1.29. The fourth-order valence-electron chi connectivity index (χ4n) is 2.10. The van der Waals surface area contributed by atoms with Gasteiger partial charge in [-0.3, -0.25) is 14.5 Å². The Kier molecular flexibility index (Phi) is 3.67. The van der Waals surface area contributed by atoms with Gasteiger partial charge in [-0.15, -0.1) is 0 Å². The summed E-state index contributed by atoms with van der Waals surface area (Å²) in [5.74, 6) is -1.32. The Labute approximate surface area is 121 Å². The van der Waals surface area contributed by atoms with Gasteiger partial charge >= 0.3 is 6.03 Å². The standard InChI is InChI=1S/C14H16FN3O3/c1-14(9-4-6-10(15)7-5-9)12(20)18(13(21)16-14)8-11(19)17(2)3/h4-7H,8H2,1-3H3,(H,16,21)/t14-/m1/s1. The van der Waals surface area contributed by atoms with E-state index in [0.29, 0.717) is 5.56 Å². The summed E-state index contributed by atoms with van der Waals surface area (Å²) in [5.41, 5.74) is -0.834. The monoisotopic (exact) mass is 293 g/mol. The average molecular weight is 293 g/mol. The van der Waals surface area contributed by atoms with Crippen LogP contribution in [0.15, 0.2) is 24.3 Å². The summed E-state index contributed by atoms with van der Waals surface area (Å²) in [7, 11) is 3.08. The van der Waals surface area contributed by atoms with Crippen molar-refractivity contribution in [1.82, 2.24) is 15.1 Å². The number of imide groups is 1. The van der Waals surface area contributed by atoms with Crippen molar-refractivity contribution in [3.63, 3.8) is 0 Å². The normalized spacial score (nSPS) is 21.4. The van der Waals surface area contributed by atoms with Crippen LogP contribution in [0.4, 0.5) is 9.18 Å². The lowest BCUT2D eigenvalue weighted by molar-refractivity contribution is -0.137. The molecule has 1 aromatic rings. The van der Waals surface area contributed by atoms with Crippen LogP contribution in [0.25, 0.3) is 0 Å². The van der Waals surface area contributed by atoms with Gasteiger partial charge in [-0.05, 0) is 24.6 Å². The molecule has 1 aromatic carbocycles. The van der Waals surface area contributed by atoms with Crippen molar-refractivity contribution in [2.75, 3.05) is 20.6 Å². The molecule has 7 heteroatoms. The van der Waals surface area contributed by atoms with E-state index in [2.05, 4.69) is 5.32 Å². The molecule has 0 saturated carbocycles. The van der Waals surface area contributed by atoms with Gasteiger partial charge in [-0.25, -0.2) is 9.18 Å². The summed E-state index contributed by atoms with van der Waals surface area (Å²) < 4.78 is 13.0. The van der Waals surface area contributed by atoms with Crippen molar-refractivity contribution >= 4 is 17.8 Å². The third kappa shape index (κ3) is 2.58. The van der Waals surface area contributed by atoms with E-state index in [-0.39, 0.29) is 12.5 Å². The Morgan fingerprint density at radius 1 is 1.29 bits per heavy atom. The first kappa shape index (κ1) is 15.0. The first-order valence-corrected chi connectivity index (χ1v) is 6.36. The molecule has 112 valence electrons. The summed E-state index contributed by atoms with van der Waals surface area (Å²) in [6.07, 6.45) is 0. The molecule has 0 aromatic heterocycles. The molecule has 4 amide bonds. The zero-order chi connectivity index (χ0) is 15.8. The summed E-state index contributed by atoms with van der Waals surface area (Å²) in [6, 6.07) is 4.67. The highest BCUT2D eigenvalue weighted by Gasteiger charge is 2.49. The number of amides is 4. The molecule has 1 heterocycles. The molecule has 1 N–H and O–H groups in total. The van der Waals surface area contributed by atoms with Crippen LogP contribution in [0.5, 0.6) is 0 Å². The lowest BCUT2D eigenvalue weighted by Gasteiger charge is -2.22. The van der Waals surface area contributed by atoms with E-state index in [1.165, 1.54) is 36.1 Å². The minimum Gasteiger partial charge on any atom is -0.347 e. The third-order valence-corrected chi connectivity index (χ3v) is 3.49. The molecular formula is C14H16FN3O3. The smallest absolute Gasteiger partial charge is 0.325 e. The number of hydrogen-bond acceptors (Lipinski definition) is 3. The highest BCUT2D eigenvalue weighted by Crippen LogP contribution is 2.28. The average Bonchev–Trinajstić information content (AvgIpc) is 2.63. The van der Waals surface area contributed by atoms with Crippen LogP contribution in [0, 0.1) is 5.82 Å². The molecule has 6 nitrogen and oxygen atoms in total. The van der Waals surface area contributed by atoms with E-state index in [9.17, 15) is 18.8 Å². The highest BCUT2D eigenvalue weighted by molar-refractivity contribution is 6.09. The molecule has 0 radical (unpaired) electrons. The zero-order valence-electron chi connectivity index (χ0n) is 12.0. The van der Waals surface area contributed by atoms with Crippen LogP contribution < -0.4 is 5.32 Å². The van der Waals surface area contributed by atoms with Gasteiger partial charge in [0, 0.05) is 14.1 Å². The molecule has 1 fully saturated rings. The number of benzene rings is 1. The quantitative estimate of drug-likeness (QED) is 0.833. The SMILES string of the molecule is CN(C)C(=O)CN1C(=O)N[C@](C)(c2ccc(F)cc2)C1=O. The van der Waals surface area contributed by atoms with Crippen LogP contribution in [-0.2, 0) is 15.1 Å². The van der Waals surface area contributed by atoms with Gasteiger partial charge in [0.15, 0.2) is 0 Å². The van der Waals surface area contributed by atoms with E-state index >= 15 is 0 Å². The molecule has 0 aliphatic carbocycles. The fourth-order valence-corrected chi connectivity index (χ4v) is 2.10. The zero-order valence-corrected chi connectivity index (χ0v) is 12.0. The van der Waals surface area contributed by atoms with E-state index in [0.717, 1.165) is 4.90 Å². The van der Waals surface area contributed by atoms with Crippen molar-refractivity contribution < 1.29 is 18.8 Å². The maximum atomic E-state index is 13.0. The second kappa shape index (κ2) is 5.16. The van der Waals surface area contributed by atoms with Crippen LogP contribution in [0.3, 0.4) is 0 Å². The van der Waals surface area contributed by atoms with Crippen LogP contribution in [0.2, 0.25) is 0 Å². The van der Waals surface area contributed by atoms with Gasteiger partial charge in [-0.2, -0.15) is 0 Å². The molecule has 1 atom stereocenters. The number of rotatable bonds is 3. The van der Waals surface area contributed by atoms with E-state index in [1.807, 2.05) is 0 Å². The summed E-state index contributed by atoms with van der Waals surface area (Å²) >= 11 is 0. The predicted octanol–water partition coefficient (Wildman–Crippen LogP) is 0.681. The molecule has 1 aliphatic heterocycles. The number of likely N-dealkylation sites (N-methyl/N-ethyl adjacent to an activating group) is 1. The second-order valence-corrected chi connectivity index (χ2v) is 5.24. The maximum Gasteiger partial charge on any atom is 0.325 e. The van der Waals surface area contributed by atoms with Gasteiger partial charge in [-0.1, -0.05) is 12.1 Å². The van der Waals surface area contributed by atoms with Gasteiger partial charge in [0.2, 0.25) is 5.91 Å². The fraction of sp³-hybridized carbons (Fsp3) is 0.357. The largest absolute Gasteiger partial charge is 0.347 e. The predicted molar refractivity (Wildman–Crippen MR) is 72.7 cm³/mol. The Morgan fingerprint density at radius 2 is 1.86 bits per heavy atom. The van der Waals surface area contributed by atoms with Gasteiger partial charge in [0.25, 0.3) is 5.91 Å².